The fraction of sp³-hybridized carbons (Fsp3) is 0.185. The molecule has 0 amide bonds. The summed E-state index contributed by atoms with van der Waals surface area (Å²) in [4.78, 5) is 28.3. The number of esters is 1. The van der Waals surface area contributed by atoms with Gasteiger partial charge in [0.05, 0.1) is 29.8 Å². The Labute approximate surface area is 192 Å². The number of benzene rings is 2. The Kier molecular flexibility index (Phi) is 5.91. The Morgan fingerprint density at radius 1 is 0.939 bits per heavy atom. The van der Waals surface area contributed by atoms with E-state index in [1.165, 1.54) is 12.7 Å². The van der Waals surface area contributed by atoms with Gasteiger partial charge in [0.15, 0.2) is 5.82 Å². The van der Waals surface area contributed by atoms with Gasteiger partial charge in [-0.15, -0.1) is 0 Å². The number of hydrogen-bond acceptors (Lipinski definition) is 6. The van der Waals surface area contributed by atoms with Crippen molar-refractivity contribution in [1.29, 1.82) is 0 Å². The van der Waals surface area contributed by atoms with Crippen LogP contribution in [0.4, 0.5) is 0 Å². The van der Waals surface area contributed by atoms with Gasteiger partial charge in [-0.3, -0.25) is 9.88 Å². The number of aromatic nitrogens is 3. The van der Waals surface area contributed by atoms with Crippen LogP contribution in [0, 0.1) is 0 Å². The molecule has 33 heavy (non-hydrogen) atoms. The van der Waals surface area contributed by atoms with Crippen LogP contribution < -0.4 is 0 Å². The first-order chi connectivity index (χ1) is 16.2. The maximum Gasteiger partial charge on any atom is 0.337 e. The third kappa shape index (κ3) is 4.66. The number of pyridine rings is 1. The van der Waals surface area contributed by atoms with E-state index in [-0.39, 0.29) is 5.97 Å². The monoisotopic (exact) mass is 436 g/mol. The second-order valence-electron chi connectivity index (χ2n) is 8.08. The molecule has 1 aliphatic rings. The second kappa shape index (κ2) is 9.30. The average molecular weight is 437 g/mol. The lowest BCUT2D eigenvalue weighted by molar-refractivity contribution is 0.0600. The summed E-state index contributed by atoms with van der Waals surface area (Å²) in [7, 11) is 1.38. The molecule has 1 aliphatic heterocycles. The largest absolute Gasteiger partial charge is 0.465 e. The van der Waals surface area contributed by atoms with E-state index in [0.717, 1.165) is 60.1 Å². The van der Waals surface area contributed by atoms with E-state index in [4.69, 9.17) is 14.7 Å². The molecule has 3 heterocycles. The molecule has 0 saturated carbocycles. The molecule has 0 saturated heterocycles. The molecule has 4 aromatic rings. The molecule has 5 rings (SSSR count). The van der Waals surface area contributed by atoms with E-state index in [9.17, 15) is 4.79 Å². The maximum absolute atomic E-state index is 11.7. The van der Waals surface area contributed by atoms with Crippen LogP contribution in [0.3, 0.4) is 0 Å². The number of rotatable bonds is 5. The minimum atomic E-state index is -0.339. The van der Waals surface area contributed by atoms with Crippen molar-refractivity contribution in [3.8, 4) is 22.6 Å². The van der Waals surface area contributed by atoms with Crippen molar-refractivity contribution in [2.45, 2.75) is 19.5 Å². The van der Waals surface area contributed by atoms with E-state index < -0.39 is 0 Å². The summed E-state index contributed by atoms with van der Waals surface area (Å²) in [6, 6.07) is 23.5. The van der Waals surface area contributed by atoms with Gasteiger partial charge in [-0.1, -0.05) is 48.5 Å². The normalized spacial score (nSPS) is 13.4. The van der Waals surface area contributed by atoms with Crippen molar-refractivity contribution in [2.75, 3.05) is 13.7 Å². The molecule has 0 atom stereocenters. The van der Waals surface area contributed by atoms with Crippen LogP contribution in [0.1, 0.15) is 27.3 Å². The van der Waals surface area contributed by atoms with Crippen molar-refractivity contribution in [3.63, 3.8) is 0 Å². The molecular weight excluding hydrogens is 412 g/mol. The van der Waals surface area contributed by atoms with E-state index in [0.29, 0.717) is 5.56 Å². The highest BCUT2D eigenvalue weighted by Gasteiger charge is 2.19. The van der Waals surface area contributed by atoms with E-state index in [1.807, 2.05) is 60.8 Å². The number of carbonyl (C=O) groups excluding carboxylic acids is 1. The van der Waals surface area contributed by atoms with Gasteiger partial charge < -0.3 is 4.74 Å². The quantitative estimate of drug-likeness (QED) is 0.428. The summed E-state index contributed by atoms with van der Waals surface area (Å²) in [5.74, 6) is 0.448. The molecule has 0 radical (unpaired) electrons. The third-order valence-corrected chi connectivity index (χ3v) is 5.84. The van der Waals surface area contributed by atoms with Gasteiger partial charge in [0.2, 0.25) is 0 Å². The third-order valence-electron chi connectivity index (χ3n) is 5.84. The lowest BCUT2D eigenvalue weighted by Gasteiger charge is -2.27. The molecule has 0 aliphatic carbocycles. The SMILES string of the molecule is COC(=O)c1ccc(-c2cccc(CN3CCc4nc(-c5ccccc5)ncc4C3)n2)cc1. The van der Waals surface area contributed by atoms with E-state index in [1.54, 1.807) is 12.1 Å². The van der Waals surface area contributed by atoms with Gasteiger partial charge in [0, 0.05) is 48.9 Å². The molecule has 164 valence electrons. The smallest absolute Gasteiger partial charge is 0.337 e. The molecule has 2 aromatic carbocycles. The fourth-order valence-corrected chi connectivity index (χ4v) is 4.09. The molecule has 0 N–H and O–H groups in total. The van der Waals surface area contributed by atoms with Crippen molar-refractivity contribution in [1.82, 2.24) is 19.9 Å². The molecule has 2 aromatic heterocycles. The van der Waals surface area contributed by atoms with Crippen LogP contribution in [0.5, 0.6) is 0 Å². The van der Waals surface area contributed by atoms with Gasteiger partial charge in [0.1, 0.15) is 0 Å². The highest BCUT2D eigenvalue weighted by atomic mass is 16.5. The van der Waals surface area contributed by atoms with Crippen LogP contribution in [0.25, 0.3) is 22.6 Å². The minimum absolute atomic E-state index is 0.339. The summed E-state index contributed by atoms with van der Waals surface area (Å²) >= 11 is 0. The van der Waals surface area contributed by atoms with Crippen molar-refractivity contribution >= 4 is 5.97 Å². The summed E-state index contributed by atoms with van der Waals surface area (Å²) in [5, 5.41) is 0. The molecule has 0 spiro atoms. The Bertz CT molecular complexity index is 1270. The van der Waals surface area contributed by atoms with Crippen molar-refractivity contribution in [3.05, 3.63) is 102 Å². The van der Waals surface area contributed by atoms with Crippen LogP contribution in [-0.4, -0.2) is 39.5 Å². The first-order valence-electron chi connectivity index (χ1n) is 11.0. The molecule has 0 unspecified atom stereocenters. The van der Waals surface area contributed by atoms with Crippen LogP contribution in [0.15, 0.2) is 79.0 Å². The summed E-state index contributed by atoms with van der Waals surface area (Å²) in [5.41, 5.74) is 6.75. The summed E-state index contributed by atoms with van der Waals surface area (Å²) in [6.45, 7) is 2.50. The summed E-state index contributed by atoms with van der Waals surface area (Å²) in [6.07, 6.45) is 2.86. The predicted octanol–water partition coefficient (Wildman–Crippen LogP) is 4.55. The van der Waals surface area contributed by atoms with Crippen LogP contribution >= 0.6 is 0 Å². The maximum atomic E-state index is 11.7. The second-order valence-corrected chi connectivity index (χ2v) is 8.08. The zero-order valence-electron chi connectivity index (χ0n) is 18.4. The minimum Gasteiger partial charge on any atom is -0.465 e. The van der Waals surface area contributed by atoms with Gasteiger partial charge in [-0.05, 0) is 24.3 Å². The Morgan fingerprint density at radius 2 is 1.76 bits per heavy atom. The standard InChI is InChI=1S/C27H24N4O2/c1-33-27(32)21-12-10-19(11-13-21)24-9-5-8-23(29-24)18-31-15-14-25-22(17-31)16-28-26(30-25)20-6-3-2-4-7-20/h2-13,16H,14-15,17-18H2,1H3. The first kappa shape index (κ1) is 21.0. The highest BCUT2D eigenvalue weighted by Crippen LogP contribution is 2.23. The Morgan fingerprint density at radius 3 is 2.55 bits per heavy atom. The van der Waals surface area contributed by atoms with Crippen molar-refractivity contribution < 1.29 is 9.53 Å². The van der Waals surface area contributed by atoms with Crippen molar-refractivity contribution in [2.24, 2.45) is 0 Å². The number of methoxy groups -OCH3 is 1. The Balaban J connectivity index is 1.29. The zero-order valence-corrected chi connectivity index (χ0v) is 18.4. The molecule has 0 fully saturated rings. The predicted molar refractivity (Wildman–Crippen MR) is 126 cm³/mol. The topological polar surface area (TPSA) is 68.2 Å². The van der Waals surface area contributed by atoms with Gasteiger partial charge >= 0.3 is 5.97 Å². The Hall–Kier alpha value is -3.90. The molecule has 6 heteroatoms. The number of hydrogen-bond donors (Lipinski definition) is 0. The number of ether oxygens (including phenoxy) is 1. The van der Waals surface area contributed by atoms with Gasteiger partial charge in [-0.25, -0.2) is 14.8 Å². The van der Waals surface area contributed by atoms with Crippen LogP contribution in [0.2, 0.25) is 0 Å². The zero-order chi connectivity index (χ0) is 22.6. The van der Waals surface area contributed by atoms with Crippen LogP contribution in [-0.2, 0) is 24.2 Å². The molecular formula is C27H24N4O2. The first-order valence-corrected chi connectivity index (χ1v) is 11.0. The lowest BCUT2D eigenvalue weighted by atomic mass is 10.1. The summed E-state index contributed by atoms with van der Waals surface area (Å²) < 4.78 is 4.77. The number of fused-ring (bicyclic) bond motifs is 1. The number of carbonyl (C=O) groups is 1. The van der Waals surface area contributed by atoms with E-state index >= 15 is 0 Å². The van der Waals surface area contributed by atoms with E-state index in [2.05, 4.69) is 16.0 Å². The molecule has 0 bridgehead atoms. The fourth-order valence-electron chi connectivity index (χ4n) is 4.09. The molecule has 6 nitrogen and oxygen atoms in total. The number of nitrogens with zero attached hydrogens (tertiary/aromatic N) is 4. The lowest BCUT2D eigenvalue weighted by Crippen LogP contribution is -2.31. The van der Waals surface area contributed by atoms with Gasteiger partial charge in [-0.2, -0.15) is 0 Å². The average Bonchev–Trinajstić information content (AvgIpc) is 2.88. The van der Waals surface area contributed by atoms with Gasteiger partial charge in [0.25, 0.3) is 0 Å². The highest BCUT2D eigenvalue weighted by molar-refractivity contribution is 5.89.